The average molecular weight is 306 g/mol. The molecule has 0 spiro atoms. The van der Waals surface area contributed by atoms with E-state index in [0.717, 1.165) is 5.56 Å². The van der Waals surface area contributed by atoms with E-state index in [0.29, 0.717) is 25.1 Å². The van der Waals surface area contributed by atoms with E-state index in [9.17, 15) is 14.4 Å². The Balaban J connectivity index is 2.43. The number of amides is 2. The number of hydrogen-bond donors (Lipinski definition) is 1. The van der Waals surface area contributed by atoms with Crippen LogP contribution in [0, 0.1) is 0 Å². The molecule has 0 unspecified atom stereocenters. The Kier molecular flexibility index (Phi) is 7.08. The second kappa shape index (κ2) is 8.81. The van der Waals surface area contributed by atoms with Crippen molar-refractivity contribution >= 4 is 23.5 Å². The summed E-state index contributed by atoms with van der Waals surface area (Å²) in [6.07, 6.45) is 1.17. The topological polar surface area (TPSA) is 75.7 Å². The number of anilines is 1. The van der Waals surface area contributed by atoms with Gasteiger partial charge < -0.3 is 15.0 Å². The number of ether oxygens (including phenoxy) is 1. The van der Waals surface area contributed by atoms with E-state index in [2.05, 4.69) is 10.1 Å². The average Bonchev–Trinajstić information content (AvgIpc) is 2.48. The van der Waals surface area contributed by atoms with Gasteiger partial charge in [-0.1, -0.05) is 12.1 Å². The van der Waals surface area contributed by atoms with Gasteiger partial charge in [-0.25, -0.2) is 0 Å². The summed E-state index contributed by atoms with van der Waals surface area (Å²) in [4.78, 5) is 35.6. The zero-order chi connectivity index (χ0) is 16.5. The number of esters is 1. The maximum atomic E-state index is 12.1. The van der Waals surface area contributed by atoms with Crippen LogP contribution < -0.4 is 5.32 Å². The molecule has 22 heavy (non-hydrogen) atoms. The lowest BCUT2D eigenvalue weighted by molar-refractivity contribution is -0.141. The van der Waals surface area contributed by atoms with Crippen molar-refractivity contribution in [2.45, 2.75) is 26.2 Å². The van der Waals surface area contributed by atoms with E-state index in [1.165, 1.54) is 14.0 Å². The number of likely N-dealkylation sites (N-methyl/N-ethyl adjacent to an activating group) is 1. The lowest BCUT2D eigenvalue weighted by atomic mass is 10.1. The molecule has 0 aliphatic carbocycles. The Hall–Kier alpha value is -2.37. The molecular formula is C16H22N2O4. The third-order valence-corrected chi connectivity index (χ3v) is 3.16. The van der Waals surface area contributed by atoms with Crippen molar-refractivity contribution < 1.29 is 19.1 Å². The molecule has 6 nitrogen and oxygen atoms in total. The number of methoxy groups -OCH3 is 1. The lowest BCUT2D eigenvalue weighted by Gasteiger charge is -2.17. The van der Waals surface area contributed by atoms with Crippen molar-refractivity contribution in [3.8, 4) is 0 Å². The fourth-order valence-corrected chi connectivity index (χ4v) is 1.91. The zero-order valence-electron chi connectivity index (χ0n) is 13.2. The predicted molar refractivity (Wildman–Crippen MR) is 83.3 cm³/mol. The van der Waals surface area contributed by atoms with Gasteiger partial charge >= 0.3 is 5.97 Å². The minimum absolute atomic E-state index is 0.0165. The molecule has 0 aliphatic heterocycles. The van der Waals surface area contributed by atoms with E-state index >= 15 is 0 Å². The first-order valence-electron chi connectivity index (χ1n) is 7.09. The van der Waals surface area contributed by atoms with Crippen molar-refractivity contribution in [2.75, 3.05) is 26.0 Å². The molecule has 0 saturated heterocycles. The monoisotopic (exact) mass is 306 g/mol. The number of nitrogens with one attached hydrogen (secondary N) is 1. The van der Waals surface area contributed by atoms with Crippen molar-refractivity contribution in [3.63, 3.8) is 0 Å². The molecule has 0 aromatic heterocycles. The summed E-state index contributed by atoms with van der Waals surface area (Å²) in [5, 5.41) is 2.67. The van der Waals surface area contributed by atoms with E-state index in [1.54, 1.807) is 24.1 Å². The number of carbonyl (C=O) groups excluding carboxylic acids is 3. The first kappa shape index (κ1) is 17.7. The van der Waals surface area contributed by atoms with Crippen LogP contribution in [0.15, 0.2) is 24.3 Å². The van der Waals surface area contributed by atoms with E-state index in [1.807, 2.05) is 12.1 Å². The van der Waals surface area contributed by atoms with Gasteiger partial charge in [-0.05, 0) is 24.1 Å². The second-order valence-electron chi connectivity index (χ2n) is 5.05. The molecule has 0 bridgehead atoms. The van der Waals surface area contributed by atoms with Crippen molar-refractivity contribution in [1.82, 2.24) is 4.90 Å². The molecule has 0 radical (unpaired) electrons. The summed E-state index contributed by atoms with van der Waals surface area (Å²) in [6, 6.07) is 7.15. The van der Waals surface area contributed by atoms with Gasteiger partial charge in [0.2, 0.25) is 11.8 Å². The van der Waals surface area contributed by atoms with E-state index in [-0.39, 0.29) is 24.2 Å². The Labute approximate surface area is 130 Å². The third-order valence-electron chi connectivity index (χ3n) is 3.16. The van der Waals surface area contributed by atoms with Crippen molar-refractivity contribution in [3.05, 3.63) is 29.8 Å². The van der Waals surface area contributed by atoms with Crippen molar-refractivity contribution in [2.24, 2.45) is 0 Å². The fourth-order valence-electron chi connectivity index (χ4n) is 1.91. The van der Waals surface area contributed by atoms with Gasteiger partial charge in [0.05, 0.1) is 13.5 Å². The quantitative estimate of drug-likeness (QED) is 0.776. The lowest BCUT2D eigenvalue weighted by Crippen LogP contribution is -2.29. The highest BCUT2D eigenvalue weighted by Crippen LogP contribution is 2.11. The first-order chi connectivity index (χ1) is 10.4. The van der Waals surface area contributed by atoms with E-state index < -0.39 is 0 Å². The highest BCUT2D eigenvalue weighted by Gasteiger charge is 2.10. The van der Waals surface area contributed by atoms with Crippen LogP contribution in [0.1, 0.15) is 25.3 Å². The minimum atomic E-state index is -0.269. The number of benzene rings is 1. The normalized spacial score (nSPS) is 9.95. The van der Waals surface area contributed by atoms with Gasteiger partial charge in [-0.15, -0.1) is 0 Å². The largest absolute Gasteiger partial charge is 0.469 e. The minimum Gasteiger partial charge on any atom is -0.469 e. The molecule has 120 valence electrons. The summed E-state index contributed by atoms with van der Waals surface area (Å²) < 4.78 is 4.55. The summed E-state index contributed by atoms with van der Waals surface area (Å²) in [5.74, 6) is -0.416. The summed E-state index contributed by atoms with van der Waals surface area (Å²) in [7, 11) is 3.06. The smallest absolute Gasteiger partial charge is 0.305 e. The van der Waals surface area contributed by atoms with Crippen LogP contribution in [0.3, 0.4) is 0 Å². The predicted octanol–water partition coefficient (Wildman–Crippen LogP) is 1.60. The Morgan fingerprint density at radius 2 is 1.82 bits per heavy atom. The van der Waals surface area contributed by atoms with Crippen LogP contribution in [-0.2, 0) is 25.5 Å². The van der Waals surface area contributed by atoms with Crippen LogP contribution in [0.25, 0.3) is 0 Å². The van der Waals surface area contributed by atoms with Crippen LogP contribution in [0.5, 0.6) is 0 Å². The molecular weight excluding hydrogens is 284 g/mol. The second-order valence-corrected chi connectivity index (χ2v) is 5.05. The zero-order valence-corrected chi connectivity index (χ0v) is 13.2. The highest BCUT2D eigenvalue weighted by atomic mass is 16.5. The molecule has 1 aromatic carbocycles. The molecule has 0 atom stereocenters. The summed E-state index contributed by atoms with van der Waals surface area (Å²) in [5.41, 5.74) is 1.58. The fraction of sp³-hybridized carbons (Fsp3) is 0.438. The van der Waals surface area contributed by atoms with E-state index in [4.69, 9.17) is 0 Å². The first-order valence-corrected chi connectivity index (χ1v) is 7.09. The Morgan fingerprint density at radius 1 is 1.18 bits per heavy atom. The molecule has 1 N–H and O–H groups in total. The van der Waals surface area contributed by atoms with Crippen LogP contribution >= 0.6 is 0 Å². The van der Waals surface area contributed by atoms with Gasteiger partial charge in [-0.2, -0.15) is 0 Å². The van der Waals surface area contributed by atoms with Crippen LogP contribution in [0.2, 0.25) is 0 Å². The molecule has 0 aliphatic rings. The van der Waals surface area contributed by atoms with Gasteiger partial charge in [0.25, 0.3) is 0 Å². The van der Waals surface area contributed by atoms with Crippen LogP contribution in [0.4, 0.5) is 5.69 Å². The van der Waals surface area contributed by atoms with Gasteiger partial charge in [0, 0.05) is 32.6 Å². The molecule has 0 saturated carbocycles. The maximum Gasteiger partial charge on any atom is 0.305 e. The molecule has 1 aromatic rings. The summed E-state index contributed by atoms with van der Waals surface area (Å²) >= 11 is 0. The standard InChI is InChI=1S/C16H22N2O4/c1-12(19)17-14-8-6-13(7-9-14)11-15(20)18(2)10-4-5-16(21)22-3/h6-9H,4-5,10-11H2,1-3H3,(H,17,19). The van der Waals surface area contributed by atoms with Gasteiger partial charge in [0.15, 0.2) is 0 Å². The molecule has 1 rings (SSSR count). The van der Waals surface area contributed by atoms with Crippen molar-refractivity contribution in [1.29, 1.82) is 0 Å². The number of hydrogen-bond acceptors (Lipinski definition) is 4. The third kappa shape index (κ3) is 6.39. The molecule has 6 heteroatoms. The van der Waals surface area contributed by atoms with Gasteiger partial charge in [-0.3, -0.25) is 14.4 Å². The maximum absolute atomic E-state index is 12.1. The highest BCUT2D eigenvalue weighted by molar-refractivity contribution is 5.88. The molecule has 0 fully saturated rings. The Bertz CT molecular complexity index is 525. The van der Waals surface area contributed by atoms with Crippen LogP contribution in [-0.4, -0.2) is 43.4 Å². The number of nitrogens with zero attached hydrogens (tertiary/aromatic N) is 1. The molecule has 0 heterocycles. The number of rotatable bonds is 7. The van der Waals surface area contributed by atoms with Gasteiger partial charge in [0.1, 0.15) is 0 Å². The molecule has 2 amide bonds. The number of carbonyl (C=O) groups is 3. The summed E-state index contributed by atoms with van der Waals surface area (Å²) in [6.45, 7) is 1.96. The Morgan fingerprint density at radius 3 is 2.36 bits per heavy atom. The SMILES string of the molecule is COC(=O)CCCN(C)C(=O)Cc1ccc(NC(C)=O)cc1.